The second kappa shape index (κ2) is 15.1. The molecule has 1 saturated carbocycles. The number of fused-ring (bicyclic) bond motifs is 8. The Morgan fingerprint density at radius 3 is 2.55 bits per heavy atom. The Hall–Kier alpha value is -3.56. The Morgan fingerprint density at radius 1 is 1.00 bits per heavy atom. The standard InChI is InChI=1S/C41H48N2O4S2/c1-28-9-7-21-40(3)36(34-17-15-30(25-32(44)16-13-28)26-35(34)38(45)37-18-14-29(2)49-37)19-22-41(40,47)27-43(23-20-33-12-8-24-48-33)39(46)42-31-10-5-4-6-11-31/h4-6,8-12,14-15,17-18,24,26,32,36,44,47H,7,13,16,19-23,25,27H2,1-3H3,(H,42,46)/t32-,36-,40-,41+/m0/s1. The summed E-state index contributed by atoms with van der Waals surface area (Å²) in [6.45, 7) is 6.96. The largest absolute Gasteiger partial charge is 0.393 e. The van der Waals surface area contributed by atoms with Gasteiger partial charge in [-0.25, -0.2) is 4.79 Å². The molecule has 2 bridgehead atoms. The summed E-state index contributed by atoms with van der Waals surface area (Å²) in [4.78, 5) is 32.9. The second-order valence-electron chi connectivity index (χ2n) is 14.2. The molecule has 2 aromatic heterocycles. The van der Waals surface area contributed by atoms with E-state index in [2.05, 4.69) is 43.4 Å². The van der Waals surface area contributed by atoms with Crippen molar-refractivity contribution in [2.24, 2.45) is 5.41 Å². The van der Waals surface area contributed by atoms with Gasteiger partial charge in [-0.15, -0.1) is 22.7 Å². The van der Waals surface area contributed by atoms with Crippen molar-refractivity contribution in [3.05, 3.63) is 121 Å². The number of hydrogen-bond donors (Lipinski definition) is 3. The van der Waals surface area contributed by atoms with Crippen LogP contribution in [-0.4, -0.2) is 51.7 Å². The summed E-state index contributed by atoms with van der Waals surface area (Å²) in [5.41, 5.74) is 2.66. The number of aryl methyl sites for hydroxylation is 1. The van der Waals surface area contributed by atoms with E-state index in [-0.39, 0.29) is 24.3 Å². The fourth-order valence-corrected chi connectivity index (χ4v) is 9.40. The maximum Gasteiger partial charge on any atom is 0.321 e. The maximum atomic E-state index is 14.2. The average molecular weight is 697 g/mol. The molecule has 3 N–H and O–H groups in total. The number of anilines is 1. The number of rotatable bonds is 8. The minimum atomic E-state index is -1.20. The molecular formula is C41H48N2O4S2. The van der Waals surface area contributed by atoms with Crippen LogP contribution < -0.4 is 5.32 Å². The molecule has 0 unspecified atom stereocenters. The lowest BCUT2D eigenvalue weighted by molar-refractivity contribution is -0.0762. The number of allylic oxidation sites excluding steroid dienone is 2. The number of thiophene rings is 2. The van der Waals surface area contributed by atoms with E-state index >= 15 is 0 Å². The number of aliphatic hydroxyl groups is 2. The van der Waals surface area contributed by atoms with E-state index in [1.807, 2.05) is 66.9 Å². The van der Waals surface area contributed by atoms with Gasteiger partial charge in [0.2, 0.25) is 5.78 Å². The molecule has 2 heterocycles. The second-order valence-corrected chi connectivity index (χ2v) is 16.6. The van der Waals surface area contributed by atoms with Gasteiger partial charge in [0.15, 0.2) is 0 Å². The number of para-hydroxylation sites is 1. The predicted octanol–water partition coefficient (Wildman–Crippen LogP) is 9.16. The highest BCUT2D eigenvalue weighted by atomic mass is 32.1. The topological polar surface area (TPSA) is 89.9 Å². The number of urea groups is 1. The molecule has 3 aliphatic rings. The van der Waals surface area contributed by atoms with E-state index in [0.717, 1.165) is 28.8 Å². The van der Waals surface area contributed by atoms with E-state index in [9.17, 15) is 19.8 Å². The molecule has 2 aromatic carbocycles. The van der Waals surface area contributed by atoms with Gasteiger partial charge in [0.25, 0.3) is 0 Å². The van der Waals surface area contributed by atoms with Gasteiger partial charge in [0.1, 0.15) is 0 Å². The van der Waals surface area contributed by atoms with Crippen LogP contribution in [-0.2, 0) is 12.8 Å². The summed E-state index contributed by atoms with van der Waals surface area (Å²) < 4.78 is 0. The minimum Gasteiger partial charge on any atom is -0.393 e. The first-order valence-electron chi connectivity index (χ1n) is 17.5. The third-order valence-corrected chi connectivity index (χ3v) is 12.8. The lowest BCUT2D eigenvalue weighted by Crippen LogP contribution is -2.54. The monoisotopic (exact) mass is 696 g/mol. The summed E-state index contributed by atoms with van der Waals surface area (Å²) in [7, 11) is 0. The van der Waals surface area contributed by atoms with Crippen LogP contribution in [0.25, 0.3) is 0 Å². The van der Waals surface area contributed by atoms with Crippen molar-refractivity contribution in [2.75, 3.05) is 18.4 Å². The Kier molecular flexibility index (Phi) is 10.9. The minimum absolute atomic E-state index is 0.00937. The summed E-state index contributed by atoms with van der Waals surface area (Å²) in [6.07, 6.45) is 7.04. The molecule has 3 aliphatic carbocycles. The number of hydrogen-bond acceptors (Lipinski definition) is 6. The average Bonchev–Trinajstić information content (AvgIpc) is 3.82. The normalized spacial score (nSPS) is 24.1. The highest BCUT2D eigenvalue weighted by Gasteiger charge is 2.57. The van der Waals surface area contributed by atoms with E-state index < -0.39 is 17.1 Å². The van der Waals surface area contributed by atoms with Gasteiger partial charge in [-0.2, -0.15) is 0 Å². The van der Waals surface area contributed by atoms with E-state index in [0.29, 0.717) is 61.2 Å². The van der Waals surface area contributed by atoms with E-state index in [1.165, 1.54) is 21.8 Å². The Balaban J connectivity index is 1.39. The molecule has 4 aromatic rings. The lowest BCUT2D eigenvalue weighted by Gasteiger charge is -2.46. The van der Waals surface area contributed by atoms with Gasteiger partial charge in [0, 0.05) is 33.0 Å². The number of nitrogens with zero attached hydrogens (tertiary/aromatic N) is 1. The van der Waals surface area contributed by atoms with Gasteiger partial charge in [-0.3, -0.25) is 4.79 Å². The van der Waals surface area contributed by atoms with Crippen molar-refractivity contribution in [1.82, 2.24) is 4.90 Å². The number of nitrogens with one attached hydrogen (secondary N) is 1. The first kappa shape index (κ1) is 35.3. The van der Waals surface area contributed by atoms with Gasteiger partial charge in [0.05, 0.1) is 23.1 Å². The third-order valence-electron chi connectivity index (χ3n) is 10.9. The van der Waals surface area contributed by atoms with Gasteiger partial charge in [-0.05, 0) is 124 Å². The van der Waals surface area contributed by atoms with Crippen molar-refractivity contribution in [2.45, 2.75) is 89.8 Å². The number of benzene rings is 2. The molecule has 0 aliphatic heterocycles. The lowest BCUT2D eigenvalue weighted by atomic mass is 9.64. The van der Waals surface area contributed by atoms with Crippen LogP contribution in [0.2, 0.25) is 0 Å². The summed E-state index contributed by atoms with van der Waals surface area (Å²) in [5, 5.41) is 29.0. The van der Waals surface area contributed by atoms with Gasteiger partial charge < -0.3 is 20.4 Å². The molecule has 49 heavy (non-hydrogen) atoms. The van der Waals surface area contributed by atoms with Crippen LogP contribution in [0, 0.1) is 12.3 Å². The molecule has 0 saturated heterocycles. The van der Waals surface area contributed by atoms with Crippen LogP contribution >= 0.6 is 22.7 Å². The summed E-state index contributed by atoms with van der Waals surface area (Å²) in [5.74, 6) is -0.116. The Labute approximate surface area is 298 Å². The molecular weight excluding hydrogens is 649 g/mol. The first-order chi connectivity index (χ1) is 23.5. The Morgan fingerprint density at radius 2 is 1.82 bits per heavy atom. The SMILES string of the molecule is CC1=CCC[C@@]2(C)[C@@H](CC[C@@]2(O)CN(CCc2cccs2)C(=O)Nc2ccccc2)c2ccc(cc2C(=O)c2ccc(C)s2)C[C@@H](O)CC1. The van der Waals surface area contributed by atoms with Crippen molar-refractivity contribution in [3.63, 3.8) is 0 Å². The van der Waals surface area contributed by atoms with Crippen molar-refractivity contribution >= 4 is 40.2 Å². The van der Waals surface area contributed by atoms with Crippen LogP contribution in [0.4, 0.5) is 10.5 Å². The number of carbonyl (C=O) groups is 2. The summed E-state index contributed by atoms with van der Waals surface area (Å²) >= 11 is 3.17. The summed E-state index contributed by atoms with van der Waals surface area (Å²) in [6, 6.07) is 23.4. The van der Waals surface area contributed by atoms with Gasteiger partial charge in [-0.1, -0.05) is 55.0 Å². The molecule has 6 nitrogen and oxygen atoms in total. The molecule has 4 atom stereocenters. The molecule has 2 amide bonds. The fraction of sp³-hybridized carbons (Fsp3) is 0.415. The highest BCUT2D eigenvalue weighted by molar-refractivity contribution is 7.14. The van der Waals surface area contributed by atoms with E-state index in [1.54, 1.807) is 16.2 Å². The fourth-order valence-electron chi connectivity index (χ4n) is 7.88. The molecule has 258 valence electrons. The van der Waals surface area contributed by atoms with Crippen molar-refractivity contribution in [3.8, 4) is 0 Å². The molecule has 0 radical (unpaired) electrons. The van der Waals surface area contributed by atoms with Crippen LogP contribution in [0.15, 0.2) is 89.8 Å². The molecule has 0 spiro atoms. The first-order valence-corrected chi connectivity index (χ1v) is 19.2. The Bertz CT molecular complexity index is 1780. The van der Waals surface area contributed by atoms with Crippen LogP contribution in [0.5, 0.6) is 0 Å². The number of carbonyl (C=O) groups excluding carboxylic acids is 2. The molecule has 7 rings (SSSR count). The van der Waals surface area contributed by atoms with Crippen molar-refractivity contribution in [1.29, 1.82) is 0 Å². The van der Waals surface area contributed by atoms with Crippen LogP contribution in [0.3, 0.4) is 0 Å². The third kappa shape index (κ3) is 7.93. The number of ketones is 1. The quantitative estimate of drug-likeness (QED) is 0.127. The highest BCUT2D eigenvalue weighted by Crippen LogP contribution is 2.59. The zero-order valence-electron chi connectivity index (χ0n) is 28.8. The smallest absolute Gasteiger partial charge is 0.321 e. The van der Waals surface area contributed by atoms with Crippen LogP contribution in [0.1, 0.15) is 94.4 Å². The molecule has 8 heteroatoms. The van der Waals surface area contributed by atoms with Crippen molar-refractivity contribution < 1.29 is 19.8 Å². The number of amides is 2. The zero-order chi connectivity index (χ0) is 34.6. The predicted molar refractivity (Wildman–Crippen MR) is 201 cm³/mol. The zero-order valence-corrected chi connectivity index (χ0v) is 30.4. The number of aliphatic hydroxyl groups excluding tert-OH is 1. The maximum absolute atomic E-state index is 14.2. The van der Waals surface area contributed by atoms with E-state index in [4.69, 9.17) is 0 Å². The van der Waals surface area contributed by atoms with Gasteiger partial charge >= 0.3 is 6.03 Å². The molecule has 1 fully saturated rings.